The van der Waals surface area contributed by atoms with E-state index in [4.69, 9.17) is 0 Å². The van der Waals surface area contributed by atoms with Gasteiger partial charge in [-0.2, -0.15) is 0 Å². The zero-order chi connectivity index (χ0) is 18.5. The maximum atomic E-state index is 12.8. The van der Waals surface area contributed by atoms with Gasteiger partial charge in [-0.05, 0) is 36.2 Å². The molecule has 5 heteroatoms. The summed E-state index contributed by atoms with van der Waals surface area (Å²) in [6.07, 6.45) is 0. The van der Waals surface area contributed by atoms with E-state index in [0.717, 1.165) is 32.7 Å². The van der Waals surface area contributed by atoms with Crippen LogP contribution in [-0.4, -0.2) is 47.8 Å². The number of piperazine rings is 1. The number of nitrogens with one attached hydrogen (secondary N) is 1. The average Bonchev–Trinajstić information content (AvgIpc) is 2.63. The average molecular weight is 351 g/mol. The largest absolute Gasteiger partial charge is 0.336 e. The Morgan fingerprint density at radius 1 is 1.00 bits per heavy atom. The van der Waals surface area contributed by atoms with Gasteiger partial charge >= 0.3 is 0 Å². The third-order valence-corrected chi connectivity index (χ3v) is 4.74. The summed E-state index contributed by atoms with van der Waals surface area (Å²) < 4.78 is 0. The van der Waals surface area contributed by atoms with Crippen molar-refractivity contribution < 1.29 is 9.59 Å². The van der Waals surface area contributed by atoms with Gasteiger partial charge in [0.25, 0.3) is 5.91 Å². The summed E-state index contributed by atoms with van der Waals surface area (Å²) >= 11 is 0. The highest BCUT2D eigenvalue weighted by Gasteiger charge is 2.22. The van der Waals surface area contributed by atoms with Gasteiger partial charge in [0.1, 0.15) is 0 Å². The number of carbonyl (C=O) groups is 2. The van der Waals surface area contributed by atoms with E-state index in [1.165, 1.54) is 18.1 Å². The number of benzene rings is 2. The van der Waals surface area contributed by atoms with Crippen molar-refractivity contribution in [2.75, 3.05) is 31.5 Å². The van der Waals surface area contributed by atoms with Crippen molar-refractivity contribution in [1.82, 2.24) is 9.80 Å². The van der Waals surface area contributed by atoms with E-state index in [2.05, 4.69) is 41.4 Å². The van der Waals surface area contributed by atoms with Crippen LogP contribution in [0.25, 0.3) is 0 Å². The van der Waals surface area contributed by atoms with E-state index < -0.39 is 0 Å². The van der Waals surface area contributed by atoms with Crippen LogP contribution in [0.15, 0.2) is 48.5 Å². The monoisotopic (exact) mass is 351 g/mol. The molecule has 1 aliphatic heterocycles. The lowest BCUT2D eigenvalue weighted by molar-refractivity contribution is -0.114. The number of hydrogen-bond acceptors (Lipinski definition) is 3. The van der Waals surface area contributed by atoms with Crippen molar-refractivity contribution in [2.45, 2.75) is 20.4 Å². The van der Waals surface area contributed by atoms with Crippen molar-refractivity contribution in [3.63, 3.8) is 0 Å². The molecule has 1 saturated heterocycles. The van der Waals surface area contributed by atoms with E-state index in [-0.39, 0.29) is 11.8 Å². The number of hydrogen-bond donors (Lipinski definition) is 1. The Bertz CT molecular complexity index is 795. The van der Waals surface area contributed by atoms with Crippen molar-refractivity contribution in [3.05, 3.63) is 65.2 Å². The van der Waals surface area contributed by atoms with E-state index in [1.807, 2.05) is 4.90 Å². The minimum atomic E-state index is -0.139. The molecular weight excluding hydrogens is 326 g/mol. The Morgan fingerprint density at radius 3 is 2.42 bits per heavy atom. The van der Waals surface area contributed by atoms with Crippen molar-refractivity contribution >= 4 is 17.5 Å². The predicted molar refractivity (Wildman–Crippen MR) is 103 cm³/mol. The maximum Gasteiger partial charge on any atom is 0.254 e. The van der Waals surface area contributed by atoms with Crippen LogP contribution in [0.4, 0.5) is 5.69 Å². The standard InChI is InChI=1S/C21H25N3O2/c1-16-6-3-4-7-19(16)15-23-10-12-24(13-11-23)21(26)18-8-5-9-20(14-18)22-17(2)25/h3-9,14H,10-13,15H2,1-2H3,(H,22,25). The van der Waals surface area contributed by atoms with Crippen LogP contribution in [0.5, 0.6) is 0 Å². The van der Waals surface area contributed by atoms with Crippen LogP contribution in [0, 0.1) is 6.92 Å². The maximum absolute atomic E-state index is 12.8. The Labute approximate surface area is 154 Å². The van der Waals surface area contributed by atoms with Gasteiger partial charge in [0, 0.05) is 50.9 Å². The smallest absolute Gasteiger partial charge is 0.254 e. The van der Waals surface area contributed by atoms with Gasteiger partial charge in [-0.3, -0.25) is 14.5 Å². The van der Waals surface area contributed by atoms with E-state index in [0.29, 0.717) is 11.3 Å². The normalized spacial score (nSPS) is 14.9. The fraction of sp³-hybridized carbons (Fsp3) is 0.333. The molecule has 2 aromatic carbocycles. The van der Waals surface area contributed by atoms with Gasteiger partial charge < -0.3 is 10.2 Å². The van der Waals surface area contributed by atoms with Crippen molar-refractivity contribution in [3.8, 4) is 0 Å². The number of carbonyl (C=O) groups excluding carboxylic acids is 2. The summed E-state index contributed by atoms with van der Waals surface area (Å²) in [4.78, 5) is 28.2. The number of nitrogens with zero attached hydrogens (tertiary/aromatic N) is 2. The lowest BCUT2D eigenvalue weighted by atomic mass is 10.1. The summed E-state index contributed by atoms with van der Waals surface area (Å²) in [6.45, 7) is 7.69. The third kappa shape index (κ3) is 4.49. The molecule has 5 nitrogen and oxygen atoms in total. The predicted octanol–water partition coefficient (Wildman–Crippen LogP) is 2.91. The van der Waals surface area contributed by atoms with Gasteiger partial charge in [0.05, 0.1) is 0 Å². The summed E-state index contributed by atoms with van der Waals surface area (Å²) in [5, 5.41) is 2.72. The lowest BCUT2D eigenvalue weighted by Gasteiger charge is -2.35. The summed E-state index contributed by atoms with van der Waals surface area (Å²) in [5.74, 6) is -0.118. The zero-order valence-electron chi connectivity index (χ0n) is 15.4. The Balaban J connectivity index is 1.58. The summed E-state index contributed by atoms with van der Waals surface area (Å²) in [7, 11) is 0. The molecule has 0 atom stereocenters. The fourth-order valence-corrected chi connectivity index (χ4v) is 3.25. The summed E-state index contributed by atoms with van der Waals surface area (Å²) in [5.41, 5.74) is 3.92. The Kier molecular flexibility index (Phi) is 5.68. The molecule has 3 rings (SSSR count). The molecule has 0 unspecified atom stereocenters. The highest BCUT2D eigenvalue weighted by Crippen LogP contribution is 2.16. The first-order valence-corrected chi connectivity index (χ1v) is 8.97. The quantitative estimate of drug-likeness (QED) is 0.921. The highest BCUT2D eigenvalue weighted by atomic mass is 16.2. The van der Waals surface area contributed by atoms with Crippen molar-refractivity contribution in [1.29, 1.82) is 0 Å². The molecule has 0 bridgehead atoms. The highest BCUT2D eigenvalue weighted by molar-refractivity contribution is 5.96. The second-order valence-corrected chi connectivity index (χ2v) is 6.76. The molecule has 0 aromatic heterocycles. The van der Waals surface area contributed by atoms with E-state index in [9.17, 15) is 9.59 Å². The SMILES string of the molecule is CC(=O)Nc1cccc(C(=O)N2CCN(Cc3ccccc3C)CC2)c1. The zero-order valence-corrected chi connectivity index (χ0v) is 15.4. The molecule has 2 amide bonds. The number of amides is 2. The molecule has 1 heterocycles. The molecule has 1 N–H and O–H groups in total. The molecule has 136 valence electrons. The molecule has 1 aliphatic rings. The fourth-order valence-electron chi connectivity index (χ4n) is 3.25. The first kappa shape index (κ1) is 18.1. The molecular formula is C21H25N3O2. The topological polar surface area (TPSA) is 52.7 Å². The van der Waals surface area contributed by atoms with Crippen LogP contribution < -0.4 is 5.32 Å². The third-order valence-electron chi connectivity index (χ3n) is 4.74. The minimum absolute atomic E-state index is 0.0211. The van der Waals surface area contributed by atoms with Crippen LogP contribution in [0.3, 0.4) is 0 Å². The molecule has 1 fully saturated rings. The molecule has 2 aromatic rings. The molecule has 26 heavy (non-hydrogen) atoms. The van der Waals surface area contributed by atoms with Crippen LogP contribution in [0.1, 0.15) is 28.4 Å². The number of rotatable bonds is 4. The minimum Gasteiger partial charge on any atom is -0.336 e. The number of anilines is 1. The van der Waals surface area contributed by atoms with Gasteiger partial charge in [-0.15, -0.1) is 0 Å². The van der Waals surface area contributed by atoms with E-state index in [1.54, 1.807) is 24.3 Å². The van der Waals surface area contributed by atoms with Crippen molar-refractivity contribution in [2.24, 2.45) is 0 Å². The summed E-state index contributed by atoms with van der Waals surface area (Å²) in [6, 6.07) is 15.6. The van der Waals surface area contributed by atoms with E-state index >= 15 is 0 Å². The first-order valence-electron chi connectivity index (χ1n) is 8.97. The molecule has 0 radical (unpaired) electrons. The second-order valence-electron chi connectivity index (χ2n) is 6.76. The van der Waals surface area contributed by atoms with Crippen LogP contribution in [-0.2, 0) is 11.3 Å². The molecule has 0 saturated carbocycles. The van der Waals surface area contributed by atoms with Crippen LogP contribution in [0.2, 0.25) is 0 Å². The molecule has 0 aliphatic carbocycles. The Morgan fingerprint density at radius 2 is 1.73 bits per heavy atom. The Hall–Kier alpha value is -2.66. The van der Waals surface area contributed by atoms with Gasteiger partial charge in [-0.1, -0.05) is 30.3 Å². The van der Waals surface area contributed by atoms with Crippen LogP contribution >= 0.6 is 0 Å². The van der Waals surface area contributed by atoms with Gasteiger partial charge in [0.2, 0.25) is 5.91 Å². The van der Waals surface area contributed by atoms with Gasteiger partial charge in [-0.25, -0.2) is 0 Å². The molecule has 0 spiro atoms. The second kappa shape index (κ2) is 8.15. The van der Waals surface area contributed by atoms with Gasteiger partial charge in [0.15, 0.2) is 0 Å². The first-order chi connectivity index (χ1) is 12.5. The lowest BCUT2D eigenvalue weighted by Crippen LogP contribution is -2.48. The number of aryl methyl sites for hydroxylation is 1.